The summed E-state index contributed by atoms with van der Waals surface area (Å²) in [7, 11) is -1.02. The molecule has 1 aliphatic heterocycles. The third-order valence-electron chi connectivity index (χ3n) is 4.74. The van der Waals surface area contributed by atoms with Gasteiger partial charge in [0.1, 0.15) is 11.6 Å². The van der Waals surface area contributed by atoms with Crippen LogP contribution in [0.3, 0.4) is 0 Å². The Morgan fingerprint density at radius 3 is 2.56 bits per heavy atom. The first-order valence-corrected chi connectivity index (χ1v) is 10.0. The van der Waals surface area contributed by atoms with Crippen LogP contribution in [-0.2, 0) is 22.3 Å². The Bertz CT molecular complexity index is 1070. The van der Waals surface area contributed by atoms with Crippen molar-refractivity contribution in [2.75, 3.05) is 5.32 Å². The van der Waals surface area contributed by atoms with E-state index in [9.17, 15) is 13.4 Å². The second kappa shape index (κ2) is 6.74. The largest absolute Gasteiger partial charge is 0.306 e. The van der Waals surface area contributed by atoms with Crippen molar-refractivity contribution in [3.63, 3.8) is 0 Å². The van der Waals surface area contributed by atoms with Crippen molar-refractivity contribution in [1.29, 1.82) is 0 Å². The van der Waals surface area contributed by atoms with Gasteiger partial charge in [0.2, 0.25) is 0 Å². The van der Waals surface area contributed by atoms with Gasteiger partial charge in [0.15, 0.2) is 0 Å². The molecule has 2 heterocycles. The Morgan fingerprint density at radius 2 is 1.85 bits per heavy atom. The SMILES string of the molecule is Cc1ccc(C(=O)Nc2c3c(nn2-c2ccc(F)cc2)CS(=O)C3)cc1C. The van der Waals surface area contributed by atoms with Crippen LogP contribution in [0.4, 0.5) is 10.2 Å². The van der Waals surface area contributed by atoms with Crippen molar-refractivity contribution in [3.8, 4) is 5.69 Å². The number of fused-ring (bicyclic) bond motifs is 1. The first-order valence-electron chi connectivity index (χ1n) is 8.52. The maximum Gasteiger partial charge on any atom is 0.256 e. The number of anilines is 1. The highest BCUT2D eigenvalue weighted by Crippen LogP contribution is 2.31. The predicted molar refractivity (Wildman–Crippen MR) is 103 cm³/mol. The van der Waals surface area contributed by atoms with Crippen LogP contribution in [0.2, 0.25) is 0 Å². The number of aromatic nitrogens is 2. The number of aryl methyl sites for hydroxylation is 2. The summed E-state index contributed by atoms with van der Waals surface area (Å²) in [5.41, 5.74) is 4.79. The van der Waals surface area contributed by atoms with Gasteiger partial charge < -0.3 is 5.32 Å². The molecular formula is C20H18FN3O2S. The minimum absolute atomic E-state index is 0.262. The molecule has 1 aliphatic rings. The number of nitrogens with one attached hydrogen (secondary N) is 1. The summed E-state index contributed by atoms with van der Waals surface area (Å²) in [4.78, 5) is 12.8. The van der Waals surface area contributed by atoms with Crippen LogP contribution in [0.15, 0.2) is 42.5 Å². The number of carbonyl (C=O) groups excluding carboxylic acids is 1. The molecule has 0 bridgehead atoms. The average Bonchev–Trinajstić information content (AvgIpc) is 3.15. The van der Waals surface area contributed by atoms with Gasteiger partial charge in [-0.2, -0.15) is 5.10 Å². The van der Waals surface area contributed by atoms with Gasteiger partial charge in [-0.25, -0.2) is 9.07 Å². The summed E-state index contributed by atoms with van der Waals surface area (Å²) in [6, 6.07) is 11.4. The van der Waals surface area contributed by atoms with Gasteiger partial charge in [0.05, 0.1) is 22.9 Å². The lowest BCUT2D eigenvalue weighted by Gasteiger charge is -2.12. The van der Waals surface area contributed by atoms with Crippen LogP contribution < -0.4 is 5.32 Å². The molecule has 1 N–H and O–H groups in total. The second-order valence-electron chi connectivity index (χ2n) is 6.64. The molecule has 0 radical (unpaired) electrons. The second-order valence-corrected chi connectivity index (χ2v) is 8.10. The lowest BCUT2D eigenvalue weighted by Crippen LogP contribution is -2.17. The minimum Gasteiger partial charge on any atom is -0.306 e. The summed E-state index contributed by atoms with van der Waals surface area (Å²) in [6.45, 7) is 3.94. The zero-order valence-corrected chi connectivity index (χ0v) is 15.8. The molecule has 1 atom stereocenters. The number of amides is 1. The summed E-state index contributed by atoms with van der Waals surface area (Å²) in [6.07, 6.45) is 0. The number of hydrogen-bond donors (Lipinski definition) is 1. The molecule has 3 aromatic rings. The van der Waals surface area contributed by atoms with Gasteiger partial charge in [-0.05, 0) is 61.4 Å². The normalized spacial score (nSPS) is 15.6. The molecule has 7 heteroatoms. The number of carbonyl (C=O) groups is 1. The lowest BCUT2D eigenvalue weighted by molar-refractivity contribution is 0.102. The number of rotatable bonds is 3. The topological polar surface area (TPSA) is 64.0 Å². The fourth-order valence-corrected chi connectivity index (χ4v) is 4.35. The van der Waals surface area contributed by atoms with E-state index in [0.29, 0.717) is 34.3 Å². The Morgan fingerprint density at radius 1 is 1.11 bits per heavy atom. The molecule has 1 amide bonds. The number of halogens is 1. The maximum absolute atomic E-state index is 13.3. The molecule has 0 fully saturated rings. The van der Waals surface area contributed by atoms with Crippen LogP contribution >= 0.6 is 0 Å². The predicted octanol–water partition coefficient (Wildman–Crippen LogP) is 3.64. The van der Waals surface area contributed by atoms with E-state index < -0.39 is 10.8 Å². The van der Waals surface area contributed by atoms with Crippen molar-refractivity contribution < 1.29 is 13.4 Å². The zero-order valence-electron chi connectivity index (χ0n) is 15.0. The Labute approximate surface area is 158 Å². The van der Waals surface area contributed by atoms with Crippen molar-refractivity contribution in [1.82, 2.24) is 9.78 Å². The highest BCUT2D eigenvalue weighted by molar-refractivity contribution is 7.83. The highest BCUT2D eigenvalue weighted by Gasteiger charge is 2.28. The average molecular weight is 383 g/mol. The fraction of sp³-hybridized carbons (Fsp3) is 0.200. The van der Waals surface area contributed by atoms with Crippen LogP contribution in [0, 0.1) is 19.7 Å². The van der Waals surface area contributed by atoms with Gasteiger partial charge in [0, 0.05) is 21.9 Å². The molecule has 0 spiro atoms. The molecule has 0 saturated carbocycles. The molecule has 5 nitrogen and oxygen atoms in total. The maximum atomic E-state index is 13.3. The van der Waals surface area contributed by atoms with Crippen LogP contribution in [0.25, 0.3) is 5.69 Å². The fourth-order valence-electron chi connectivity index (χ4n) is 3.09. The summed E-state index contributed by atoms with van der Waals surface area (Å²) >= 11 is 0. The molecule has 1 aromatic heterocycles. The molecule has 138 valence electrons. The van der Waals surface area contributed by atoms with E-state index in [1.54, 1.807) is 22.9 Å². The summed E-state index contributed by atoms with van der Waals surface area (Å²) in [5, 5.41) is 7.43. The Hall–Kier alpha value is -2.80. The van der Waals surface area contributed by atoms with Gasteiger partial charge in [0.25, 0.3) is 5.91 Å². The third-order valence-corrected chi connectivity index (χ3v) is 5.95. The van der Waals surface area contributed by atoms with E-state index >= 15 is 0 Å². The van der Waals surface area contributed by atoms with Crippen molar-refractivity contribution in [2.45, 2.75) is 25.4 Å². The Balaban J connectivity index is 1.74. The van der Waals surface area contributed by atoms with E-state index in [1.165, 1.54) is 12.1 Å². The lowest BCUT2D eigenvalue weighted by atomic mass is 10.1. The van der Waals surface area contributed by atoms with E-state index in [-0.39, 0.29) is 11.7 Å². The monoisotopic (exact) mass is 383 g/mol. The van der Waals surface area contributed by atoms with Gasteiger partial charge >= 0.3 is 0 Å². The van der Waals surface area contributed by atoms with E-state index in [0.717, 1.165) is 16.7 Å². The first kappa shape index (κ1) is 17.6. The summed E-state index contributed by atoms with van der Waals surface area (Å²) < 4.78 is 26.8. The summed E-state index contributed by atoms with van der Waals surface area (Å²) in [5.74, 6) is 0.586. The highest BCUT2D eigenvalue weighted by atomic mass is 32.2. The van der Waals surface area contributed by atoms with E-state index in [4.69, 9.17) is 0 Å². The van der Waals surface area contributed by atoms with Crippen LogP contribution in [0.5, 0.6) is 0 Å². The minimum atomic E-state index is -1.02. The third kappa shape index (κ3) is 3.30. The number of benzene rings is 2. The smallest absolute Gasteiger partial charge is 0.256 e. The van der Waals surface area contributed by atoms with E-state index in [1.807, 2.05) is 26.0 Å². The Kier molecular flexibility index (Phi) is 4.39. The van der Waals surface area contributed by atoms with Gasteiger partial charge in [-0.15, -0.1) is 0 Å². The first-order chi connectivity index (χ1) is 12.9. The van der Waals surface area contributed by atoms with E-state index in [2.05, 4.69) is 10.4 Å². The quantitative estimate of drug-likeness (QED) is 0.751. The molecule has 1 unspecified atom stereocenters. The molecule has 27 heavy (non-hydrogen) atoms. The van der Waals surface area contributed by atoms with Gasteiger partial charge in [-0.3, -0.25) is 9.00 Å². The van der Waals surface area contributed by atoms with Gasteiger partial charge in [-0.1, -0.05) is 6.07 Å². The standard InChI is InChI=1S/C20H18FN3O2S/c1-12-3-4-14(9-13(12)2)20(25)22-19-17-10-27(26)11-18(17)23-24(19)16-7-5-15(21)6-8-16/h3-9H,10-11H2,1-2H3,(H,22,25). The molecule has 4 rings (SSSR count). The molecular weight excluding hydrogens is 365 g/mol. The molecule has 0 saturated heterocycles. The van der Waals surface area contributed by atoms with Crippen LogP contribution in [0.1, 0.15) is 32.7 Å². The zero-order chi connectivity index (χ0) is 19.1. The van der Waals surface area contributed by atoms with Crippen molar-refractivity contribution in [2.24, 2.45) is 0 Å². The van der Waals surface area contributed by atoms with Crippen LogP contribution in [-0.4, -0.2) is 19.9 Å². The number of hydrogen-bond acceptors (Lipinski definition) is 3. The van der Waals surface area contributed by atoms with Crippen molar-refractivity contribution in [3.05, 3.63) is 76.2 Å². The van der Waals surface area contributed by atoms with Crippen molar-refractivity contribution >= 4 is 22.5 Å². The molecule has 0 aliphatic carbocycles. The number of nitrogens with zero attached hydrogens (tertiary/aromatic N) is 2. The molecule has 2 aromatic carbocycles.